The lowest BCUT2D eigenvalue weighted by Gasteiger charge is -2.36. The van der Waals surface area contributed by atoms with Crippen LogP contribution in [0, 0.1) is 0 Å². The summed E-state index contributed by atoms with van der Waals surface area (Å²) in [6.07, 6.45) is 6.82. The molecule has 1 amide bonds. The van der Waals surface area contributed by atoms with Crippen LogP contribution in [0.1, 0.15) is 41.6 Å². The van der Waals surface area contributed by atoms with Crippen molar-refractivity contribution in [1.82, 2.24) is 19.8 Å². The van der Waals surface area contributed by atoms with Crippen LogP contribution in [-0.2, 0) is 6.42 Å². The number of ether oxygens (including phenoxy) is 1. The number of piperidine rings is 1. The zero-order valence-electron chi connectivity index (χ0n) is 20.7. The van der Waals surface area contributed by atoms with Gasteiger partial charge in [0.25, 0.3) is 11.8 Å². The van der Waals surface area contributed by atoms with Crippen molar-refractivity contribution < 1.29 is 9.53 Å². The fraction of sp³-hybridized carbons (Fsp3) is 0.393. The summed E-state index contributed by atoms with van der Waals surface area (Å²) >= 11 is 12.5. The third-order valence-electron chi connectivity index (χ3n) is 7.26. The summed E-state index contributed by atoms with van der Waals surface area (Å²) in [6.45, 7) is 4.33. The van der Waals surface area contributed by atoms with Crippen molar-refractivity contribution in [3.05, 3.63) is 69.8 Å². The molecule has 3 heterocycles. The maximum Gasteiger partial charge on any atom is 0.257 e. The van der Waals surface area contributed by atoms with E-state index in [1.165, 1.54) is 25.9 Å². The Balaban J connectivity index is 1.20. The second kappa shape index (κ2) is 11.7. The van der Waals surface area contributed by atoms with Gasteiger partial charge in [0, 0.05) is 46.7 Å². The second-order valence-electron chi connectivity index (χ2n) is 9.59. The van der Waals surface area contributed by atoms with Crippen molar-refractivity contribution in [3.8, 4) is 17.1 Å². The van der Waals surface area contributed by atoms with Crippen molar-refractivity contribution in [2.24, 2.45) is 0 Å². The maximum atomic E-state index is 13.1. The number of nitrogens with two attached hydrogens (primary N) is 1. The summed E-state index contributed by atoms with van der Waals surface area (Å²) in [5.41, 5.74) is 8.94. The van der Waals surface area contributed by atoms with Crippen LogP contribution in [-0.4, -0.2) is 64.5 Å². The average molecular weight is 540 g/mol. The van der Waals surface area contributed by atoms with E-state index in [0.29, 0.717) is 40.4 Å². The molecule has 2 aromatic carbocycles. The highest BCUT2D eigenvalue weighted by Gasteiger charge is 2.28. The van der Waals surface area contributed by atoms with E-state index < -0.39 is 0 Å². The first-order valence-electron chi connectivity index (χ1n) is 12.8. The van der Waals surface area contributed by atoms with Gasteiger partial charge >= 0.3 is 0 Å². The molecule has 3 aromatic rings. The van der Waals surface area contributed by atoms with Gasteiger partial charge in [-0.2, -0.15) is 0 Å². The van der Waals surface area contributed by atoms with Gasteiger partial charge in [-0.05, 0) is 68.6 Å². The van der Waals surface area contributed by atoms with E-state index in [9.17, 15) is 4.79 Å². The van der Waals surface area contributed by atoms with E-state index in [0.717, 1.165) is 37.1 Å². The number of aromatic nitrogens is 2. The third kappa shape index (κ3) is 6.00. The Morgan fingerprint density at radius 3 is 2.35 bits per heavy atom. The lowest BCUT2D eigenvalue weighted by Crippen LogP contribution is -2.45. The van der Waals surface area contributed by atoms with Gasteiger partial charge in [0.1, 0.15) is 0 Å². The number of nitrogens with zero attached hydrogens (tertiary/aromatic N) is 4. The molecule has 7 nitrogen and oxygen atoms in total. The number of hydrogen-bond acceptors (Lipinski definition) is 6. The normalized spacial score (nSPS) is 16.8. The smallest absolute Gasteiger partial charge is 0.257 e. The highest BCUT2D eigenvalue weighted by molar-refractivity contribution is 6.36. The number of likely N-dealkylation sites (tertiary alicyclic amines) is 2. The fourth-order valence-corrected chi connectivity index (χ4v) is 5.74. The number of anilines is 1. The van der Waals surface area contributed by atoms with Gasteiger partial charge in [0.15, 0.2) is 5.82 Å². The van der Waals surface area contributed by atoms with Crippen molar-refractivity contribution in [2.45, 2.75) is 38.1 Å². The highest BCUT2D eigenvalue weighted by Crippen LogP contribution is 2.27. The number of carbonyl (C=O) groups is 1. The molecular weight excluding hydrogens is 509 g/mol. The molecule has 0 bridgehead atoms. The first kappa shape index (κ1) is 25.8. The summed E-state index contributed by atoms with van der Waals surface area (Å²) in [6, 6.07) is 13.5. The molecule has 2 saturated heterocycles. The predicted octanol–water partition coefficient (Wildman–Crippen LogP) is 5.35. The van der Waals surface area contributed by atoms with Gasteiger partial charge in [-0.3, -0.25) is 4.79 Å². The average Bonchev–Trinajstić information content (AvgIpc) is 3.46. The highest BCUT2D eigenvalue weighted by atomic mass is 35.5. The molecule has 0 saturated carbocycles. The van der Waals surface area contributed by atoms with Crippen LogP contribution in [0.25, 0.3) is 11.3 Å². The van der Waals surface area contributed by atoms with E-state index in [1.807, 2.05) is 29.2 Å². The molecule has 0 aliphatic carbocycles. The zero-order valence-corrected chi connectivity index (χ0v) is 22.2. The van der Waals surface area contributed by atoms with Crippen molar-refractivity contribution in [2.75, 3.05) is 38.5 Å². The molecule has 2 N–H and O–H groups in total. The Hall–Kier alpha value is -2.87. The van der Waals surface area contributed by atoms with Gasteiger partial charge in [-0.1, -0.05) is 41.4 Å². The van der Waals surface area contributed by atoms with Crippen LogP contribution in [0.5, 0.6) is 5.88 Å². The van der Waals surface area contributed by atoms with Gasteiger partial charge in [0.05, 0.1) is 18.5 Å². The zero-order chi connectivity index (χ0) is 25.8. The molecule has 1 aromatic heterocycles. The van der Waals surface area contributed by atoms with E-state index in [1.54, 1.807) is 24.4 Å². The lowest BCUT2D eigenvalue weighted by molar-refractivity contribution is 0.0644. The Morgan fingerprint density at radius 1 is 1.00 bits per heavy atom. The topological polar surface area (TPSA) is 84.6 Å². The summed E-state index contributed by atoms with van der Waals surface area (Å²) in [5, 5.41) is 1.18. The molecule has 37 heavy (non-hydrogen) atoms. The van der Waals surface area contributed by atoms with Crippen molar-refractivity contribution in [3.63, 3.8) is 0 Å². The maximum absolute atomic E-state index is 13.1. The molecule has 2 aliphatic heterocycles. The third-order valence-corrected chi connectivity index (χ3v) is 7.96. The first-order valence-corrected chi connectivity index (χ1v) is 13.6. The predicted molar refractivity (Wildman–Crippen MR) is 147 cm³/mol. The number of benzene rings is 2. The van der Waals surface area contributed by atoms with Gasteiger partial charge < -0.3 is 20.3 Å². The van der Waals surface area contributed by atoms with Crippen LogP contribution in [0.4, 0.5) is 5.82 Å². The number of carbonyl (C=O) groups excluding carboxylic acids is 1. The summed E-state index contributed by atoms with van der Waals surface area (Å²) < 4.78 is 5.82. The minimum Gasteiger partial charge on any atom is -0.475 e. The van der Waals surface area contributed by atoms with Crippen LogP contribution >= 0.6 is 23.2 Å². The second-order valence-corrected chi connectivity index (χ2v) is 10.4. The number of rotatable bonds is 7. The molecule has 5 rings (SSSR count). The SMILES string of the molecule is Nc1ncc(-c2ccc(C(=O)N3CCC(N4CCCC4)CC3)cc2)nc1OCCc1c(Cl)cccc1Cl. The molecule has 2 aliphatic rings. The summed E-state index contributed by atoms with van der Waals surface area (Å²) in [7, 11) is 0. The van der Waals surface area contributed by atoms with Crippen LogP contribution < -0.4 is 10.5 Å². The standard InChI is InChI=1S/C28H31Cl2N5O2/c29-23-4-3-5-24(30)22(23)12-17-37-27-26(31)32-18-25(33-27)19-6-8-20(9-7-19)28(36)35-15-10-21(11-16-35)34-13-1-2-14-34/h3-9,18,21H,1-2,10-17H2,(H2,31,32). The van der Waals surface area contributed by atoms with Crippen molar-refractivity contribution >= 4 is 34.9 Å². The van der Waals surface area contributed by atoms with Crippen LogP contribution in [0.3, 0.4) is 0 Å². The molecule has 194 valence electrons. The molecule has 0 spiro atoms. The van der Waals surface area contributed by atoms with Crippen LogP contribution in [0.15, 0.2) is 48.7 Å². The van der Waals surface area contributed by atoms with E-state index in [2.05, 4.69) is 14.9 Å². The molecule has 0 atom stereocenters. The Labute approximate surface area is 227 Å². The molecule has 2 fully saturated rings. The largest absolute Gasteiger partial charge is 0.475 e. The van der Waals surface area contributed by atoms with Crippen LogP contribution in [0.2, 0.25) is 10.0 Å². The molecule has 0 radical (unpaired) electrons. The Bertz CT molecular complexity index is 1220. The Morgan fingerprint density at radius 2 is 1.68 bits per heavy atom. The van der Waals surface area contributed by atoms with E-state index >= 15 is 0 Å². The molecular formula is C28H31Cl2N5O2. The molecule has 9 heteroatoms. The monoisotopic (exact) mass is 539 g/mol. The minimum absolute atomic E-state index is 0.0806. The van der Waals surface area contributed by atoms with Gasteiger partial charge in [-0.25, -0.2) is 9.97 Å². The number of halogens is 2. The van der Waals surface area contributed by atoms with Gasteiger partial charge in [-0.15, -0.1) is 0 Å². The minimum atomic E-state index is 0.0806. The summed E-state index contributed by atoms with van der Waals surface area (Å²) in [4.78, 5) is 26.5. The first-order chi connectivity index (χ1) is 18.0. The number of hydrogen-bond donors (Lipinski definition) is 1. The van der Waals surface area contributed by atoms with E-state index in [4.69, 9.17) is 33.7 Å². The summed E-state index contributed by atoms with van der Waals surface area (Å²) in [5.74, 6) is 0.539. The lowest BCUT2D eigenvalue weighted by atomic mass is 10.0. The van der Waals surface area contributed by atoms with Gasteiger partial charge in [0.2, 0.25) is 0 Å². The fourth-order valence-electron chi connectivity index (χ4n) is 5.15. The number of amides is 1. The van der Waals surface area contributed by atoms with E-state index in [-0.39, 0.29) is 17.6 Å². The van der Waals surface area contributed by atoms with Crippen molar-refractivity contribution in [1.29, 1.82) is 0 Å². The quantitative estimate of drug-likeness (QED) is 0.435. The molecule has 0 unspecified atom stereocenters. The Kier molecular flexibility index (Phi) is 8.13. The number of nitrogen functional groups attached to an aromatic ring is 1.